The molecule has 3 rings (SSSR count). The van der Waals surface area contributed by atoms with Crippen molar-refractivity contribution >= 4 is 29.2 Å². The quantitative estimate of drug-likeness (QED) is 0.782. The Morgan fingerprint density at radius 3 is 2.41 bits per heavy atom. The number of carbonyl (C=O) groups is 3. The second kappa shape index (κ2) is 8.47. The van der Waals surface area contributed by atoms with Gasteiger partial charge in [0.25, 0.3) is 0 Å². The van der Waals surface area contributed by atoms with Crippen LogP contribution in [0.25, 0.3) is 0 Å². The zero-order valence-electron chi connectivity index (χ0n) is 17.2. The number of amides is 2. The molecule has 0 aliphatic carbocycles. The van der Waals surface area contributed by atoms with Crippen LogP contribution in [0.5, 0.6) is 0 Å². The topological polar surface area (TPSA) is 75.7 Å². The molecule has 0 saturated carbocycles. The maximum absolute atomic E-state index is 12.7. The monoisotopic (exact) mass is 394 g/mol. The predicted molar refractivity (Wildman–Crippen MR) is 112 cm³/mol. The smallest absolute Gasteiger partial charge is 0.338 e. The summed E-state index contributed by atoms with van der Waals surface area (Å²) in [6.07, 6.45) is -0.0142. The molecule has 1 aliphatic rings. The Morgan fingerprint density at radius 1 is 1.10 bits per heavy atom. The fourth-order valence-corrected chi connectivity index (χ4v) is 3.44. The normalized spacial score (nSPS) is 16.2. The standard InChI is InChI=1S/C23H26N2O4/c1-14(2)29-23(28)17-6-8-19(9-7-17)24-22(27)18-12-21(26)25(13-18)20-10-5-15(3)11-16(20)4/h5-11,14,18H,12-13H2,1-4H3,(H,24,27)/t18-/m1/s1. The lowest BCUT2D eigenvalue weighted by Crippen LogP contribution is -2.28. The number of ether oxygens (including phenoxy) is 1. The van der Waals surface area contributed by atoms with E-state index in [0.29, 0.717) is 17.8 Å². The van der Waals surface area contributed by atoms with Gasteiger partial charge in [0, 0.05) is 24.3 Å². The Kier molecular flexibility index (Phi) is 6.01. The van der Waals surface area contributed by atoms with Crippen LogP contribution >= 0.6 is 0 Å². The van der Waals surface area contributed by atoms with E-state index in [-0.39, 0.29) is 24.3 Å². The van der Waals surface area contributed by atoms with Crippen molar-refractivity contribution < 1.29 is 19.1 Å². The Morgan fingerprint density at radius 2 is 1.79 bits per heavy atom. The van der Waals surface area contributed by atoms with Crippen molar-refractivity contribution in [2.75, 3.05) is 16.8 Å². The van der Waals surface area contributed by atoms with Crippen molar-refractivity contribution in [3.05, 3.63) is 59.2 Å². The fraction of sp³-hybridized carbons (Fsp3) is 0.348. The van der Waals surface area contributed by atoms with Crippen molar-refractivity contribution in [3.63, 3.8) is 0 Å². The molecule has 1 saturated heterocycles. The predicted octanol–water partition coefficient (Wildman–Crippen LogP) is 3.86. The summed E-state index contributed by atoms with van der Waals surface area (Å²) in [6, 6.07) is 12.5. The summed E-state index contributed by atoms with van der Waals surface area (Å²) in [6.45, 7) is 7.91. The summed E-state index contributed by atoms with van der Waals surface area (Å²) in [5.74, 6) is -1.08. The van der Waals surface area contributed by atoms with Gasteiger partial charge in [0.05, 0.1) is 17.6 Å². The largest absolute Gasteiger partial charge is 0.459 e. The minimum atomic E-state index is -0.422. The summed E-state index contributed by atoms with van der Waals surface area (Å²) in [7, 11) is 0. The first-order chi connectivity index (χ1) is 13.7. The molecule has 1 atom stereocenters. The summed E-state index contributed by atoms with van der Waals surface area (Å²) in [4.78, 5) is 38.7. The van der Waals surface area contributed by atoms with E-state index in [9.17, 15) is 14.4 Å². The van der Waals surface area contributed by atoms with Gasteiger partial charge >= 0.3 is 5.97 Å². The molecular formula is C23H26N2O4. The second-order valence-electron chi connectivity index (χ2n) is 7.72. The van der Waals surface area contributed by atoms with Crippen LogP contribution < -0.4 is 10.2 Å². The maximum Gasteiger partial charge on any atom is 0.338 e. The minimum absolute atomic E-state index is 0.0520. The first-order valence-corrected chi connectivity index (χ1v) is 9.74. The highest BCUT2D eigenvalue weighted by Crippen LogP contribution is 2.29. The fourth-order valence-electron chi connectivity index (χ4n) is 3.44. The lowest BCUT2D eigenvalue weighted by Gasteiger charge is -2.19. The molecule has 0 radical (unpaired) electrons. The van der Waals surface area contributed by atoms with Crippen LogP contribution in [-0.4, -0.2) is 30.4 Å². The number of carbonyl (C=O) groups excluding carboxylic acids is 3. The van der Waals surface area contributed by atoms with E-state index in [1.807, 2.05) is 32.0 Å². The third-order valence-electron chi connectivity index (χ3n) is 4.87. The molecule has 29 heavy (non-hydrogen) atoms. The molecule has 1 fully saturated rings. The maximum atomic E-state index is 12.7. The van der Waals surface area contributed by atoms with Crippen LogP contribution in [0, 0.1) is 19.8 Å². The zero-order valence-corrected chi connectivity index (χ0v) is 17.2. The van der Waals surface area contributed by atoms with Crippen LogP contribution in [0.1, 0.15) is 41.8 Å². The number of nitrogens with zero attached hydrogens (tertiary/aromatic N) is 1. The highest BCUT2D eigenvalue weighted by atomic mass is 16.5. The molecule has 0 spiro atoms. The van der Waals surface area contributed by atoms with Gasteiger partial charge in [-0.25, -0.2) is 4.79 Å². The van der Waals surface area contributed by atoms with E-state index in [1.54, 1.807) is 43.0 Å². The van der Waals surface area contributed by atoms with Crippen LogP contribution in [-0.2, 0) is 14.3 Å². The molecular weight excluding hydrogens is 368 g/mol. The average Bonchev–Trinajstić information content (AvgIpc) is 3.03. The van der Waals surface area contributed by atoms with Crippen LogP contribution in [0.3, 0.4) is 0 Å². The van der Waals surface area contributed by atoms with E-state index < -0.39 is 11.9 Å². The Bertz CT molecular complexity index is 934. The van der Waals surface area contributed by atoms with Crippen LogP contribution in [0.4, 0.5) is 11.4 Å². The summed E-state index contributed by atoms with van der Waals surface area (Å²) < 4.78 is 5.15. The molecule has 2 amide bonds. The molecule has 0 aromatic heterocycles. The van der Waals surface area contributed by atoms with Gasteiger partial charge in [0.15, 0.2) is 0 Å². The number of nitrogens with one attached hydrogen (secondary N) is 1. The molecule has 2 aromatic rings. The average molecular weight is 394 g/mol. The molecule has 6 nitrogen and oxygen atoms in total. The molecule has 0 unspecified atom stereocenters. The van der Waals surface area contributed by atoms with Crippen molar-refractivity contribution in [3.8, 4) is 0 Å². The lowest BCUT2D eigenvalue weighted by molar-refractivity contribution is -0.122. The Hall–Kier alpha value is -3.15. The minimum Gasteiger partial charge on any atom is -0.459 e. The Labute approximate surface area is 170 Å². The van der Waals surface area contributed by atoms with Gasteiger partial charge in [-0.15, -0.1) is 0 Å². The van der Waals surface area contributed by atoms with E-state index in [0.717, 1.165) is 16.8 Å². The SMILES string of the molecule is Cc1ccc(N2C[C@H](C(=O)Nc3ccc(C(=O)OC(C)C)cc3)CC2=O)c(C)c1. The van der Waals surface area contributed by atoms with Gasteiger partial charge in [-0.05, 0) is 63.6 Å². The molecule has 152 valence electrons. The first kappa shape index (κ1) is 20.6. The van der Waals surface area contributed by atoms with Gasteiger partial charge in [-0.1, -0.05) is 17.7 Å². The molecule has 6 heteroatoms. The highest BCUT2D eigenvalue weighted by Gasteiger charge is 2.35. The summed E-state index contributed by atoms with van der Waals surface area (Å²) in [5, 5.41) is 2.84. The number of benzene rings is 2. The lowest BCUT2D eigenvalue weighted by atomic mass is 10.1. The summed E-state index contributed by atoms with van der Waals surface area (Å²) >= 11 is 0. The van der Waals surface area contributed by atoms with Gasteiger partial charge in [-0.3, -0.25) is 9.59 Å². The number of anilines is 2. The van der Waals surface area contributed by atoms with Gasteiger partial charge in [-0.2, -0.15) is 0 Å². The van der Waals surface area contributed by atoms with Gasteiger partial charge in [0.2, 0.25) is 11.8 Å². The number of hydrogen-bond acceptors (Lipinski definition) is 4. The van der Waals surface area contributed by atoms with E-state index in [4.69, 9.17) is 4.74 Å². The van der Waals surface area contributed by atoms with Crippen molar-refractivity contribution in [2.24, 2.45) is 5.92 Å². The van der Waals surface area contributed by atoms with Crippen molar-refractivity contribution in [1.82, 2.24) is 0 Å². The number of rotatable bonds is 5. The first-order valence-electron chi connectivity index (χ1n) is 9.74. The molecule has 0 bridgehead atoms. The third kappa shape index (κ3) is 4.83. The zero-order chi connectivity index (χ0) is 21.1. The molecule has 1 N–H and O–H groups in total. The second-order valence-corrected chi connectivity index (χ2v) is 7.72. The van der Waals surface area contributed by atoms with Crippen LogP contribution in [0.15, 0.2) is 42.5 Å². The van der Waals surface area contributed by atoms with Gasteiger partial charge in [0.1, 0.15) is 0 Å². The number of esters is 1. The highest BCUT2D eigenvalue weighted by molar-refractivity contribution is 6.04. The molecule has 2 aromatic carbocycles. The Balaban J connectivity index is 1.64. The van der Waals surface area contributed by atoms with Crippen molar-refractivity contribution in [2.45, 2.75) is 40.2 Å². The van der Waals surface area contributed by atoms with Gasteiger partial charge < -0.3 is 15.0 Å². The molecule has 1 heterocycles. The van der Waals surface area contributed by atoms with E-state index in [2.05, 4.69) is 5.32 Å². The van der Waals surface area contributed by atoms with E-state index >= 15 is 0 Å². The van der Waals surface area contributed by atoms with E-state index in [1.165, 1.54) is 0 Å². The number of aryl methyl sites for hydroxylation is 2. The third-order valence-corrected chi connectivity index (χ3v) is 4.87. The molecule has 1 aliphatic heterocycles. The van der Waals surface area contributed by atoms with Crippen molar-refractivity contribution in [1.29, 1.82) is 0 Å². The van der Waals surface area contributed by atoms with Crippen LogP contribution in [0.2, 0.25) is 0 Å². The number of hydrogen-bond donors (Lipinski definition) is 1. The summed E-state index contributed by atoms with van der Waals surface area (Å²) in [5.41, 5.74) is 4.00.